The minimum absolute atomic E-state index is 0.810. The van der Waals surface area contributed by atoms with E-state index < -0.39 is 0 Å². The van der Waals surface area contributed by atoms with Crippen LogP contribution in [0.1, 0.15) is 11.1 Å². The van der Waals surface area contributed by atoms with Gasteiger partial charge in [0.25, 0.3) is 0 Å². The predicted octanol–water partition coefficient (Wildman–Crippen LogP) is 4.74. The van der Waals surface area contributed by atoms with Crippen LogP contribution in [-0.2, 0) is 4.74 Å². The van der Waals surface area contributed by atoms with Crippen LogP contribution in [0.4, 0.5) is 11.4 Å². The highest BCUT2D eigenvalue weighted by atomic mass is 16.5. The highest BCUT2D eigenvalue weighted by molar-refractivity contribution is 5.88. The third-order valence-electron chi connectivity index (χ3n) is 4.72. The van der Waals surface area contributed by atoms with Crippen molar-refractivity contribution in [2.75, 3.05) is 31.2 Å². The zero-order valence-corrected chi connectivity index (χ0v) is 14.5. The molecule has 3 nitrogen and oxygen atoms in total. The molecule has 3 heteroatoms. The van der Waals surface area contributed by atoms with Gasteiger partial charge in [-0.05, 0) is 53.1 Å². The summed E-state index contributed by atoms with van der Waals surface area (Å²) < 4.78 is 5.43. The average molecular weight is 330 g/mol. The van der Waals surface area contributed by atoms with Gasteiger partial charge < -0.3 is 9.64 Å². The number of fused-ring (bicyclic) bond motifs is 1. The van der Waals surface area contributed by atoms with Crippen molar-refractivity contribution in [2.45, 2.75) is 6.92 Å². The lowest BCUT2D eigenvalue weighted by Gasteiger charge is -2.29. The number of hydrogen-bond acceptors (Lipinski definition) is 3. The lowest BCUT2D eigenvalue weighted by Crippen LogP contribution is -2.36. The minimum atomic E-state index is 0.810. The van der Waals surface area contributed by atoms with Gasteiger partial charge in [-0.2, -0.15) is 0 Å². The fourth-order valence-electron chi connectivity index (χ4n) is 3.22. The van der Waals surface area contributed by atoms with Crippen LogP contribution in [0.25, 0.3) is 10.8 Å². The van der Waals surface area contributed by atoms with Crippen molar-refractivity contribution in [3.63, 3.8) is 0 Å². The van der Waals surface area contributed by atoms with Crippen LogP contribution >= 0.6 is 0 Å². The first-order valence-electron chi connectivity index (χ1n) is 8.76. The lowest BCUT2D eigenvalue weighted by atomic mass is 10.1. The van der Waals surface area contributed by atoms with E-state index in [0.717, 1.165) is 37.6 Å². The maximum Gasteiger partial charge on any atom is 0.0642 e. The van der Waals surface area contributed by atoms with Gasteiger partial charge in [0.15, 0.2) is 0 Å². The Kier molecular flexibility index (Phi) is 4.49. The van der Waals surface area contributed by atoms with Gasteiger partial charge in [-0.3, -0.25) is 4.99 Å². The molecule has 3 aromatic rings. The van der Waals surface area contributed by atoms with Crippen LogP contribution in [0.3, 0.4) is 0 Å². The first-order chi connectivity index (χ1) is 12.3. The smallest absolute Gasteiger partial charge is 0.0642 e. The largest absolute Gasteiger partial charge is 0.378 e. The lowest BCUT2D eigenvalue weighted by molar-refractivity contribution is 0.122. The topological polar surface area (TPSA) is 24.8 Å². The van der Waals surface area contributed by atoms with Crippen LogP contribution in [0.15, 0.2) is 65.7 Å². The fourth-order valence-corrected chi connectivity index (χ4v) is 3.22. The number of hydrogen-bond donors (Lipinski definition) is 0. The molecule has 0 N–H and O–H groups in total. The van der Waals surface area contributed by atoms with Gasteiger partial charge in [0.1, 0.15) is 0 Å². The molecule has 0 radical (unpaired) electrons. The summed E-state index contributed by atoms with van der Waals surface area (Å²) in [6.07, 6.45) is 1.96. The Morgan fingerprint density at radius 2 is 1.72 bits per heavy atom. The summed E-state index contributed by atoms with van der Waals surface area (Å²) in [5.74, 6) is 0. The average Bonchev–Trinajstić information content (AvgIpc) is 2.67. The quantitative estimate of drug-likeness (QED) is 0.648. The second-order valence-electron chi connectivity index (χ2n) is 6.43. The molecule has 25 heavy (non-hydrogen) atoms. The first kappa shape index (κ1) is 15.9. The van der Waals surface area contributed by atoms with E-state index in [1.807, 2.05) is 6.21 Å². The predicted molar refractivity (Wildman–Crippen MR) is 105 cm³/mol. The molecule has 1 aliphatic rings. The van der Waals surface area contributed by atoms with Gasteiger partial charge in [-0.25, -0.2) is 0 Å². The van der Waals surface area contributed by atoms with Crippen molar-refractivity contribution in [1.29, 1.82) is 0 Å². The highest BCUT2D eigenvalue weighted by Gasteiger charge is 2.11. The molecular formula is C22H22N2O. The molecule has 126 valence electrons. The molecule has 1 fully saturated rings. The third kappa shape index (κ3) is 3.57. The van der Waals surface area contributed by atoms with Gasteiger partial charge in [0, 0.05) is 25.0 Å². The first-order valence-corrected chi connectivity index (χ1v) is 8.76. The van der Waals surface area contributed by atoms with E-state index in [9.17, 15) is 0 Å². The molecule has 4 rings (SSSR count). The standard InChI is InChI=1S/C22H22N2O/c1-17-14-22(24-10-12-25-13-11-24)9-7-20(17)16-23-21-8-6-18-4-2-3-5-19(18)15-21/h2-9,14-16H,10-13H2,1H3. The van der Waals surface area contributed by atoms with Crippen molar-refractivity contribution >= 4 is 28.4 Å². The number of ether oxygens (including phenoxy) is 1. The molecule has 1 saturated heterocycles. The second-order valence-corrected chi connectivity index (χ2v) is 6.43. The molecule has 3 aromatic carbocycles. The number of aliphatic imine (C=N–C) groups is 1. The third-order valence-corrected chi connectivity index (χ3v) is 4.72. The van der Waals surface area contributed by atoms with Crippen LogP contribution in [0.5, 0.6) is 0 Å². The summed E-state index contributed by atoms with van der Waals surface area (Å²) in [4.78, 5) is 7.05. The van der Waals surface area contributed by atoms with E-state index in [1.54, 1.807) is 0 Å². The number of morpholine rings is 1. The summed E-state index contributed by atoms with van der Waals surface area (Å²) in [6.45, 7) is 5.69. The number of rotatable bonds is 3. The molecule has 1 aliphatic heterocycles. The monoisotopic (exact) mass is 330 g/mol. The summed E-state index contributed by atoms with van der Waals surface area (Å²) in [7, 11) is 0. The summed E-state index contributed by atoms with van der Waals surface area (Å²) in [5, 5.41) is 2.46. The highest BCUT2D eigenvalue weighted by Crippen LogP contribution is 2.22. The van der Waals surface area contributed by atoms with Crippen LogP contribution < -0.4 is 4.90 Å². The summed E-state index contributed by atoms with van der Waals surface area (Å²) in [5.41, 5.74) is 4.65. The van der Waals surface area contributed by atoms with Gasteiger partial charge in [0.2, 0.25) is 0 Å². The summed E-state index contributed by atoms with van der Waals surface area (Å²) in [6, 6.07) is 21.3. The van der Waals surface area contributed by atoms with Crippen molar-refractivity contribution < 1.29 is 4.74 Å². The van der Waals surface area contributed by atoms with Crippen LogP contribution in [0, 0.1) is 6.92 Å². The Labute approximate surface area is 148 Å². The van der Waals surface area contributed by atoms with Crippen molar-refractivity contribution in [3.8, 4) is 0 Å². The van der Waals surface area contributed by atoms with Gasteiger partial charge >= 0.3 is 0 Å². The molecule has 0 bridgehead atoms. The molecule has 0 saturated carbocycles. The zero-order chi connectivity index (χ0) is 17.1. The maximum absolute atomic E-state index is 5.43. The van der Waals surface area contributed by atoms with Gasteiger partial charge in [0.05, 0.1) is 18.9 Å². The molecule has 0 spiro atoms. The zero-order valence-electron chi connectivity index (χ0n) is 14.5. The Morgan fingerprint density at radius 3 is 2.52 bits per heavy atom. The second kappa shape index (κ2) is 7.08. The van der Waals surface area contributed by atoms with Crippen molar-refractivity contribution in [3.05, 3.63) is 71.8 Å². The van der Waals surface area contributed by atoms with E-state index in [2.05, 4.69) is 77.5 Å². The molecular weight excluding hydrogens is 308 g/mol. The van der Waals surface area contributed by atoms with Crippen LogP contribution in [-0.4, -0.2) is 32.5 Å². The number of benzene rings is 3. The van der Waals surface area contributed by atoms with E-state index in [4.69, 9.17) is 4.74 Å². The normalized spacial score (nSPS) is 15.2. The van der Waals surface area contributed by atoms with E-state index in [0.29, 0.717) is 0 Å². The number of anilines is 1. The fraction of sp³-hybridized carbons (Fsp3) is 0.227. The molecule has 1 heterocycles. The molecule has 0 atom stereocenters. The SMILES string of the molecule is Cc1cc(N2CCOCC2)ccc1C=Nc1ccc2ccccc2c1. The summed E-state index contributed by atoms with van der Waals surface area (Å²) >= 11 is 0. The van der Waals surface area contributed by atoms with Crippen molar-refractivity contribution in [1.82, 2.24) is 0 Å². The Morgan fingerprint density at radius 1 is 0.920 bits per heavy atom. The Bertz CT molecular complexity index is 911. The number of nitrogens with zero attached hydrogens (tertiary/aromatic N) is 2. The maximum atomic E-state index is 5.43. The molecule has 0 unspecified atom stereocenters. The molecule has 0 aliphatic carbocycles. The van der Waals surface area contributed by atoms with Gasteiger partial charge in [-0.1, -0.05) is 36.4 Å². The van der Waals surface area contributed by atoms with E-state index in [1.165, 1.54) is 22.0 Å². The Balaban J connectivity index is 1.55. The van der Waals surface area contributed by atoms with Crippen LogP contribution in [0.2, 0.25) is 0 Å². The van der Waals surface area contributed by atoms with Crippen molar-refractivity contribution in [2.24, 2.45) is 4.99 Å². The minimum Gasteiger partial charge on any atom is -0.378 e. The van der Waals surface area contributed by atoms with Gasteiger partial charge in [-0.15, -0.1) is 0 Å². The van der Waals surface area contributed by atoms with E-state index in [-0.39, 0.29) is 0 Å². The van der Waals surface area contributed by atoms with E-state index >= 15 is 0 Å². The molecule has 0 aromatic heterocycles. The number of aryl methyl sites for hydroxylation is 1. The Hall–Kier alpha value is -2.65. The molecule has 0 amide bonds.